The summed E-state index contributed by atoms with van der Waals surface area (Å²) in [6.07, 6.45) is 1.51. The molecule has 0 saturated carbocycles. The number of nitrogens with zero attached hydrogens (tertiary/aromatic N) is 4. The van der Waals surface area contributed by atoms with Crippen molar-refractivity contribution in [3.8, 4) is 11.4 Å². The second-order valence-corrected chi connectivity index (χ2v) is 9.70. The van der Waals surface area contributed by atoms with Gasteiger partial charge < -0.3 is 9.42 Å². The fraction of sp³-hybridized carbons (Fsp3) is 0.318. The van der Waals surface area contributed by atoms with Gasteiger partial charge in [0.1, 0.15) is 0 Å². The molecular formula is C22H24N4O4S. The third-order valence-electron chi connectivity index (χ3n) is 5.22. The predicted octanol–water partition coefficient (Wildman–Crippen LogP) is 3.25. The molecular weight excluding hydrogens is 416 g/mol. The number of aryl methyl sites for hydroxylation is 1. The van der Waals surface area contributed by atoms with Crippen LogP contribution in [0.25, 0.3) is 11.4 Å². The lowest BCUT2D eigenvalue weighted by molar-refractivity contribution is 0.0769. The van der Waals surface area contributed by atoms with E-state index in [9.17, 15) is 13.2 Å². The molecule has 0 spiro atoms. The van der Waals surface area contributed by atoms with E-state index >= 15 is 0 Å². The van der Waals surface area contributed by atoms with Crippen LogP contribution in [0.3, 0.4) is 0 Å². The second-order valence-electron chi connectivity index (χ2n) is 7.68. The first-order valence-corrected chi connectivity index (χ1v) is 11.7. The standard InChI is InChI=1S/C22H24N4O4S/c1-16-6-5-7-18(14-16)21-23-20(30-24-21)15-25(2)22(27)17-8-10-19(11-9-17)26-12-3-4-13-31(26,28)29/h5-11,14H,3-4,12-13,15H2,1-2H3. The van der Waals surface area contributed by atoms with Gasteiger partial charge in [0.2, 0.25) is 21.7 Å². The minimum atomic E-state index is -3.28. The van der Waals surface area contributed by atoms with Crippen LogP contribution in [0.5, 0.6) is 0 Å². The third-order valence-corrected chi connectivity index (χ3v) is 7.08. The Hall–Kier alpha value is -3.20. The molecule has 1 aromatic heterocycles. The van der Waals surface area contributed by atoms with Crippen molar-refractivity contribution in [2.75, 3.05) is 23.7 Å². The Morgan fingerprint density at radius 1 is 1.16 bits per heavy atom. The third kappa shape index (κ3) is 4.61. The van der Waals surface area contributed by atoms with Crippen LogP contribution in [0.1, 0.15) is 34.7 Å². The smallest absolute Gasteiger partial charge is 0.254 e. The largest absolute Gasteiger partial charge is 0.337 e. The summed E-state index contributed by atoms with van der Waals surface area (Å²) in [6, 6.07) is 14.4. The lowest BCUT2D eigenvalue weighted by atomic mass is 10.1. The van der Waals surface area contributed by atoms with Crippen LogP contribution in [-0.4, -0.2) is 48.7 Å². The number of rotatable bonds is 5. The topological polar surface area (TPSA) is 96.6 Å². The molecule has 0 N–H and O–H groups in total. The molecule has 2 heterocycles. The molecule has 8 nitrogen and oxygen atoms in total. The van der Waals surface area contributed by atoms with Crippen molar-refractivity contribution < 1.29 is 17.7 Å². The number of carbonyl (C=O) groups excluding carboxylic acids is 1. The number of aromatic nitrogens is 2. The summed E-state index contributed by atoms with van der Waals surface area (Å²) in [7, 11) is -1.63. The fourth-order valence-corrected chi connectivity index (χ4v) is 5.20. The van der Waals surface area contributed by atoms with Crippen molar-refractivity contribution in [2.45, 2.75) is 26.3 Å². The van der Waals surface area contributed by atoms with Crippen molar-refractivity contribution in [1.82, 2.24) is 15.0 Å². The summed E-state index contributed by atoms with van der Waals surface area (Å²) >= 11 is 0. The number of hydrogen-bond acceptors (Lipinski definition) is 6. The zero-order valence-corrected chi connectivity index (χ0v) is 18.3. The zero-order valence-electron chi connectivity index (χ0n) is 17.5. The molecule has 0 bridgehead atoms. The van der Waals surface area contributed by atoms with Crippen molar-refractivity contribution in [3.05, 3.63) is 65.5 Å². The molecule has 0 unspecified atom stereocenters. The van der Waals surface area contributed by atoms with Gasteiger partial charge in [0.05, 0.1) is 18.0 Å². The van der Waals surface area contributed by atoms with Gasteiger partial charge in [-0.1, -0.05) is 28.9 Å². The maximum atomic E-state index is 12.8. The molecule has 1 aliphatic rings. The highest BCUT2D eigenvalue weighted by Gasteiger charge is 2.26. The lowest BCUT2D eigenvalue weighted by Crippen LogP contribution is -2.37. The molecule has 1 fully saturated rings. The van der Waals surface area contributed by atoms with Crippen LogP contribution in [-0.2, 0) is 16.6 Å². The SMILES string of the molecule is Cc1cccc(-c2noc(CN(C)C(=O)c3ccc(N4CCCCS4(=O)=O)cc3)n2)c1. The van der Waals surface area contributed by atoms with Gasteiger partial charge in [0.15, 0.2) is 0 Å². The molecule has 0 radical (unpaired) electrons. The predicted molar refractivity (Wildman–Crippen MR) is 117 cm³/mol. The van der Waals surface area contributed by atoms with Crippen LogP contribution in [0.15, 0.2) is 53.1 Å². The van der Waals surface area contributed by atoms with E-state index in [1.54, 1.807) is 31.3 Å². The summed E-state index contributed by atoms with van der Waals surface area (Å²) in [6.45, 7) is 2.62. The zero-order chi connectivity index (χ0) is 22.0. The van der Waals surface area contributed by atoms with E-state index in [1.807, 2.05) is 31.2 Å². The Balaban J connectivity index is 1.44. The van der Waals surface area contributed by atoms with Crippen molar-refractivity contribution >= 4 is 21.6 Å². The van der Waals surface area contributed by atoms with Crippen LogP contribution in [0, 0.1) is 6.92 Å². The average molecular weight is 441 g/mol. The molecule has 4 rings (SSSR count). The molecule has 0 atom stereocenters. The molecule has 3 aromatic rings. The maximum absolute atomic E-state index is 12.8. The fourth-order valence-electron chi connectivity index (χ4n) is 3.56. The van der Waals surface area contributed by atoms with E-state index in [0.717, 1.165) is 17.5 Å². The highest BCUT2D eigenvalue weighted by molar-refractivity contribution is 7.92. The first-order chi connectivity index (χ1) is 14.8. The van der Waals surface area contributed by atoms with E-state index in [0.29, 0.717) is 35.9 Å². The quantitative estimate of drug-likeness (QED) is 0.604. The molecule has 1 aliphatic heterocycles. The number of benzene rings is 2. The van der Waals surface area contributed by atoms with E-state index in [1.165, 1.54) is 9.21 Å². The normalized spacial score (nSPS) is 15.6. The van der Waals surface area contributed by atoms with E-state index in [4.69, 9.17) is 4.52 Å². The Bertz CT molecular complexity index is 1190. The summed E-state index contributed by atoms with van der Waals surface area (Å²) in [5, 5.41) is 4.00. The average Bonchev–Trinajstić information content (AvgIpc) is 3.21. The van der Waals surface area contributed by atoms with Gasteiger partial charge in [-0.2, -0.15) is 4.98 Å². The molecule has 9 heteroatoms. The van der Waals surface area contributed by atoms with Crippen molar-refractivity contribution in [2.24, 2.45) is 0 Å². The Labute approximate surface area is 181 Å². The molecule has 162 valence electrons. The van der Waals surface area contributed by atoms with Gasteiger partial charge in [0.25, 0.3) is 5.91 Å². The number of hydrogen-bond donors (Lipinski definition) is 0. The van der Waals surface area contributed by atoms with Gasteiger partial charge in [0, 0.05) is 24.7 Å². The van der Waals surface area contributed by atoms with Crippen LogP contribution in [0.4, 0.5) is 5.69 Å². The maximum Gasteiger partial charge on any atom is 0.254 e. The second kappa shape index (κ2) is 8.50. The summed E-state index contributed by atoms with van der Waals surface area (Å²) < 4.78 is 31.3. The lowest BCUT2D eigenvalue weighted by Gasteiger charge is -2.28. The van der Waals surface area contributed by atoms with Crippen LogP contribution >= 0.6 is 0 Å². The molecule has 1 amide bonds. The van der Waals surface area contributed by atoms with E-state index in [-0.39, 0.29) is 18.2 Å². The van der Waals surface area contributed by atoms with Crippen LogP contribution in [0.2, 0.25) is 0 Å². The molecule has 31 heavy (non-hydrogen) atoms. The van der Waals surface area contributed by atoms with Gasteiger partial charge in [-0.05, 0) is 50.1 Å². The molecule has 1 saturated heterocycles. The summed E-state index contributed by atoms with van der Waals surface area (Å²) in [5.74, 6) is 0.754. The minimum absolute atomic E-state index is 0.158. The van der Waals surface area contributed by atoms with Gasteiger partial charge in [-0.3, -0.25) is 9.10 Å². The number of sulfonamides is 1. The Kier molecular flexibility index (Phi) is 5.77. The first kappa shape index (κ1) is 21.0. The Morgan fingerprint density at radius 2 is 1.94 bits per heavy atom. The first-order valence-electron chi connectivity index (χ1n) is 10.1. The number of amides is 1. The van der Waals surface area contributed by atoms with E-state index < -0.39 is 10.0 Å². The van der Waals surface area contributed by atoms with Crippen LogP contribution < -0.4 is 4.31 Å². The number of anilines is 1. The van der Waals surface area contributed by atoms with Gasteiger partial charge in [-0.15, -0.1) is 0 Å². The minimum Gasteiger partial charge on any atom is -0.337 e. The van der Waals surface area contributed by atoms with E-state index in [2.05, 4.69) is 10.1 Å². The summed E-state index contributed by atoms with van der Waals surface area (Å²) in [4.78, 5) is 18.7. The molecule has 2 aromatic carbocycles. The highest BCUT2D eigenvalue weighted by atomic mass is 32.2. The molecule has 0 aliphatic carbocycles. The monoisotopic (exact) mass is 440 g/mol. The van der Waals surface area contributed by atoms with Gasteiger partial charge in [-0.25, -0.2) is 8.42 Å². The van der Waals surface area contributed by atoms with Gasteiger partial charge >= 0.3 is 0 Å². The van der Waals surface area contributed by atoms with Crippen molar-refractivity contribution in [3.63, 3.8) is 0 Å². The van der Waals surface area contributed by atoms with Crippen molar-refractivity contribution in [1.29, 1.82) is 0 Å². The Morgan fingerprint density at radius 3 is 2.65 bits per heavy atom. The number of carbonyl (C=O) groups is 1. The summed E-state index contributed by atoms with van der Waals surface area (Å²) in [5.41, 5.74) is 2.99. The highest BCUT2D eigenvalue weighted by Crippen LogP contribution is 2.24.